The number of rotatable bonds is 5. The van der Waals surface area contributed by atoms with Crippen LogP contribution in [0.1, 0.15) is 5.76 Å². The molecule has 0 fully saturated rings. The highest BCUT2D eigenvalue weighted by atomic mass is 16.6. The Morgan fingerprint density at radius 3 is 2.81 bits per heavy atom. The van der Waals surface area contributed by atoms with Crippen molar-refractivity contribution in [3.05, 3.63) is 68.7 Å². The molecule has 0 aliphatic heterocycles. The van der Waals surface area contributed by atoms with Gasteiger partial charge in [-0.1, -0.05) is 17.3 Å². The van der Waals surface area contributed by atoms with E-state index in [1.807, 2.05) is 0 Å². The molecule has 1 N–H and O–H groups in total. The van der Waals surface area contributed by atoms with Gasteiger partial charge in [-0.2, -0.15) is 5.10 Å². The predicted octanol–water partition coefficient (Wildman–Crippen LogP) is 1.75. The van der Waals surface area contributed by atoms with Crippen molar-refractivity contribution in [3.63, 3.8) is 0 Å². The summed E-state index contributed by atoms with van der Waals surface area (Å²) < 4.78 is 5.81. The first-order chi connectivity index (χ1) is 12.4. The van der Waals surface area contributed by atoms with Gasteiger partial charge in [-0.3, -0.25) is 19.7 Å². The van der Waals surface area contributed by atoms with Crippen LogP contribution >= 0.6 is 0 Å². The average Bonchev–Trinajstić information content (AvgIpc) is 3.01. The van der Waals surface area contributed by atoms with Crippen molar-refractivity contribution in [2.75, 3.05) is 5.32 Å². The highest BCUT2D eigenvalue weighted by molar-refractivity contribution is 5.89. The van der Waals surface area contributed by atoms with Gasteiger partial charge in [0.2, 0.25) is 5.91 Å². The number of carbonyl (C=O) groups excluding carboxylic acids is 1. The van der Waals surface area contributed by atoms with Crippen LogP contribution in [0.2, 0.25) is 0 Å². The highest BCUT2D eigenvalue weighted by Crippen LogP contribution is 2.21. The number of anilines is 1. The van der Waals surface area contributed by atoms with Crippen molar-refractivity contribution in [1.29, 1.82) is 0 Å². The molecule has 2 heterocycles. The zero-order valence-corrected chi connectivity index (χ0v) is 13.6. The summed E-state index contributed by atoms with van der Waals surface area (Å²) >= 11 is 0. The van der Waals surface area contributed by atoms with Gasteiger partial charge in [-0.25, -0.2) is 4.68 Å². The molecule has 1 aromatic carbocycles. The molecule has 3 aromatic rings. The summed E-state index contributed by atoms with van der Waals surface area (Å²) in [5.41, 5.74) is 0.214. The van der Waals surface area contributed by atoms with Crippen LogP contribution in [0.4, 0.5) is 11.5 Å². The molecule has 26 heavy (non-hydrogen) atoms. The van der Waals surface area contributed by atoms with Crippen molar-refractivity contribution in [2.24, 2.45) is 0 Å². The van der Waals surface area contributed by atoms with E-state index in [9.17, 15) is 19.7 Å². The van der Waals surface area contributed by atoms with Gasteiger partial charge >= 0.3 is 0 Å². The van der Waals surface area contributed by atoms with Gasteiger partial charge < -0.3 is 9.84 Å². The van der Waals surface area contributed by atoms with E-state index in [2.05, 4.69) is 15.6 Å². The summed E-state index contributed by atoms with van der Waals surface area (Å²) in [7, 11) is 0. The third kappa shape index (κ3) is 3.80. The van der Waals surface area contributed by atoms with Gasteiger partial charge in [0.15, 0.2) is 5.82 Å². The fraction of sp³-hybridized carbons (Fsp3) is 0.125. The number of nitrogens with one attached hydrogen (secondary N) is 1. The number of nitrogens with zero attached hydrogens (tertiary/aromatic N) is 4. The molecule has 0 radical (unpaired) electrons. The van der Waals surface area contributed by atoms with Crippen molar-refractivity contribution < 1.29 is 14.2 Å². The number of nitro groups is 1. The van der Waals surface area contributed by atoms with E-state index in [1.165, 1.54) is 36.4 Å². The van der Waals surface area contributed by atoms with Crippen LogP contribution in [0.25, 0.3) is 11.3 Å². The van der Waals surface area contributed by atoms with Crippen LogP contribution in [0.3, 0.4) is 0 Å². The molecule has 10 heteroatoms. The Kier molecular flexibility index (Phi) is 4.56. The van der Waals surface area contributed by atoms with Gasteiger partial charge in [0.1, 0.15) is 12.3 Å². The smallest absolute Gasteiger partial charge is 0.270 e. The van der Waals surface area contributed by atoms with Crippen LogP contribution in [0.5, 0.6) is 0 Å². The Hall–Kier alpha value is -3.82. The fourth-order valence-electron chi connectivity index (χ4n) is 2.24. The standard InChI is InChI=1S/C16H13N5O5/c1-10-7-14(19-26-10)17-15(22)9-20-16(23)6-5-13(18-20)11-3-2-4-12(8-11)21(24)25/h2-8H,9H2,1H3,(H,17,19,22). The quantitative estimate of drug-likeness (QED) is 0.544. The maximum atomic E-state index is 12.1. The van der Waals surface area contributed by atoms with Crippen molar-refractivity contribution in [1.82, 2.24) is 14.9 Å². The normalized spacial score (nSPS) is 10.5. The number of nitro benzene ring substituents is 1. The van der Waals surface area contributed by atoms with E-state index in [0.717, 1.165) is 4.68 Å². The molecule has 0 aliphatic carbocycles. The lowest BCUT2D eigenvalue weighted by molar-refractivity contribution is -0.384. The van der Waals surface area contributed by atoms with Crippen molar-refractivity contribution in [3.8, 4) is 11.3 Å². The number of aromatic nitrogens is 3. The largest absolute Gasteiger partial charge is 0.360 e. The predicted molar refractivity (Wildman–Crippen MR) is 90.5 cm³/mol. The second-order valence-electron chi connectivity index (χ2n) is 5.39. The Labute approximate surface area is 146 Å². The number of aryl methyl sites for hydroxylation is 1. The number of non-ortho nitro benzene ring substituents is 1. The molecule has 0 atom stereocenters. The number of benzene rings is 1. The van der Waals surface area contributed by atoms with Crippen LogP contribution in [-0.2, 0) is 11.3 Å². The molecule has 2 aromatic heterocycles. The van der Waals surface area contributed by atoms with Gasteiger partial charge in [0.25, 0.3) is 11.2 Å². The number of carbonyl (C=O) groups is 1. The van der Waals surface area contributed by atoms with Crippen LogP contribution < -0.4 is 10.9 Å². The summed E-state index contributed by atoms with van der Waals surface area (Å²) in [6.45, 7) is 1.34. The summed E-state index contributed by atoms with van der Waals surface area (Å²) in [6, 6.07) is 10.1. The second kappa shape index (κ2) is 6.97. The number of hydrogen-bond donors (Lipinski definition) is 1. The first-order valence-corrected chi connectivity index (χ1v) is 7.48. The van der Waals surface area contributed by atoms with Gasteiger partial charge in [-0.15, -0.1) is 0 Å². The molecular formula is C16H13N5O5. The van der Waals surface area contributed by atoms with E-state index < -0.39 is 16.4 Å². The van der Waals surface area contributed by atoms with E-state index in [1.54, 1.807) is 13.0 Å². The fourth-order valence-corrected chi connectivity index (χ4v) is 2.24. The lowest BCUT2D eigenvalue weighted by Gasteiger charge is -2.07. The second-order valence-corrected chi connectivity index (χ2v) is 5.39. The third-order valence-corrected chi connectivity index (χ3v) is 3.41. The van der Waals surface area contributed by atoms with Crippen LogP contribution in [0.15, 0.2) is 51.8 Å². The first kappa shape index (κ1) is 17.0. The molecule has 0 bridgehead atoms. The minimum atomic E-state index is -0.521. The van der Waals surface area contributed by atoms with E-state index in [4.69, 9.17) is 4.52 Å². The van der Waals surface area contributed by atoms with Crippen molar-refractivity contribution >= 4 is 17.4 Å². The molecule has 1 amide bonds. The Balaban J connectivity index is 1.83. The van der Waals surface area contributed by atoms with E-state index in [-0.39, 0.29) is 18.1 Å². The topological polar surface area (TPSA) is 133 Å². The molecule has 0 aliphatic rings. The maximum Gasteiger partial charge on any atom is 0.270 e. The molecule has 132 valence electrons. The zero-order valence-electron chi connectivity index (χ0n) is 13.6. The lowest BCUT2D eigenvalue weighted by atomic mass is 10.1. The molecular weight excluding hydrogens is 342 g/mol. The summed E-state index contributed by atoms with van der Waals surface area (Å²) in [6.07, 6.45) is 0. The Morgan fingerprint density at radius 1 is 1.31 bits per heavy atom. The number of hydrogen-bond acceptors (Lipinski definition) is 7. The van der Waals surface area contributed by atoms with Gasteiger partial charge in [0.05, 0.1) is 10.6 Å². The average molecular weight is 355 g/mol. The van der Waals surface area contributed by atoms with Gasteiger partial charge in [-0.05, 0) is 13.0 Å². The molecule has 10 nitrogen and oxygen atoms in total. The minimum absolute atomic E-state index is 0.0961. The van der Waals surface area contributed by atoms with Crippen molar-refractivity contribution in [2.45, 2.75) is 13.5 Å². The van der Waals surface area contributed by atoms with Crippen LogP contribution in [-0.4, -0.2) is 25.8 Å². The molecule has 0 saturated heterocycles. The monoisotopic (exact) mass is 355 g/mol. The first-order valence-electron chi connectivity index (χ1n) is 7.48. The third-order valence-electron chi connectivity index (χ3n) is 3.41. The Morgan fingerprint density at radius 2 is 2.12 bits per heavy atom. The molecule has 0 unspecified atom stereocenters. The minimum Gasteiger partial charge on any atom is -0.360 e. The maximum absolute atomic E-state index is 12.1. The summed E-state index contributed by atoms with van der Waals surface area (Å²) in [5, 5.41) is 21.1. The zero-order chi connectivity index (χ0) is 18.7. The van der Waals surface area contributed by atoms with Crippen LogP contribution in [0, 0.1) is 17.0 Å². The Bertz CT molecular complexity index is 1040. The van der Waals surface area contributed by atoms with Gasteiger partial charge in [0, 0.05) is 29.8 Å². The molecule has 3 rings (SSSR count). The molecule has 0 saturated carbocycles. The lowest BCUT2D eigenvalue weighted by Crippen LogP contribution is -2.29. The van der Waals surface area contributed by atoms with E-state index in [0.29, 0.717) is 17.0 Å². The van der Waals surface area contributed by atoms with E-state index >= 15 is 0 Å². The summed E-state index contributed by atoms with van der Waals surface area (Å²) in [5.74, 6) is 0.253. The summed E-state index contributed by atoms with van der Waals surface area (Å²) in [4.78, 5) is 34.4. The highest BCUT2D eigenvalue weighted by Gasteiger charge is 2.12. The number of amides is 1. The SMILES string of the molecule is Cc1cc(NC(=O)Cn2nc(-c3cccc([N+](=O)[O-])c3)ccc2=O)no1. The molecule has 0 spiro atoms.